The first-order valence-electron chi connectivity index (χ1n) is 12.9. The summed E-state index contributed by atoms with van der Waals surface area (Å²) in [4.78, 5) is 14.4. The molecule has 29 heavy (non-hydrogen) atoms. The summed E-state index contributed by atoms with van der Waals surface area (Å²) >= 11 is 0. The Kier molecular flexibility index (Phi) is 17.6. The van der Waals surface area contributed by atoms with E-state index in [-0.39, 0.29) is 12.5 Å². The van der Waals surface area contributed by atoms with Gasteiger partial charge in [-0.2, -0.15) is 0 Å². The Morgan fingerprint density at radius 2 is 1.45 bits per heavy atom. The van der Waals surface area contributed by atoms with Gasteiger partial charge in [-0.3, -0.25) is 9.69 Å². The Labute approximate surface area is 181 Å². The van der Waals surface area contributed by atoms with Crippen molar-refractivity contribution in [1.29, 1.82) is 0 Å². The molecular weight excluding hydrogens is 360 g/mol. The lowest BCUT2D eigenvalue weighted by molar-refractivity contribution is -0.121. The van der Waals surface area contributed by atoms with Gasteiger partial charge >= 0.3 is 0 Å². The van der Waals surface area contributed by atoms with Crippen molar-refractivity contribution in [1.82, 2.24) is 10.2 Å². The third-order valence-corrected chi connectivity index (χ3v) is 6.43. The van der Waals surface area contributed by atoms with Gasteiger partial charge in [-0.25, -0.2) is 0 Å². The first-order valence-corrected chi connectivity index (χ1v) is 12.9. The molecule has 0 aromatic carbocycles. The smallest absolute Gasteiger partial charge is 0.219 e. The predicted molar refractivity (Wildman–Crippen MR) is 124 cm³/mol. The van der Waals surface area contributed by atoms with Crippen LogP contribution in [0.2, 0.25) is 0 Å². The molecule has 1 saturated carbocycles. The Morgan fingerprint density at radius 3 is 2.10 bits per heavy atom. The standard InChI is InChI=1S/C25H50N2O2/c1-2-3-4-5-6-7-8-9-14-19-25(29)26-20-15-11-16-21-27(22-23-28)24-17-12-10-13-18-24/h24,28H,2-23H2,1H3,(H,26,29). The minimum absolute atomic E-state index is 0.233. The summed E-state index contributed by atoms with van der Waals surface area (Å²) in [6.07, 6.45) is 22.4. The number of unbranched alkanes of at least 4 members (excludes halogenated alkanes) is 10. The highest BCUT2D eigenvalue weighted by atomic mass is 16.3. The Balaban J connectivity index is 1.91. The van der Waals surface area contributed by atoms with Crippen molar-refractivity contribution in [3.8, 4) is 0 Å². The van der Waals surface area contributed by atoms with E-state index < -0.39 is 0 Å². The molecule has 0 unspecified atom stereocenters. The maximum absolute atomic E-state index is 11.9. The van der Waals surface area contributed by atoms with E-state index in [1.807, 2.05) is 0 Å². The first-order chi connectivity index (χ1) is 14.3. The van der Waals surface area contributed by atoms with E-state index in [9.17, 15) is 9.90 Å². The van der Waals surface area contributed by atoms with Crippen molar-refractivity contribution >= 4 is 5.91 Å². The topological polar surface area (TPSA) is 52.6 Å². The predicted octanol–water partition coefficient (Wildman–Crippen LogP) is 5.82. The maximum atomic E-state index is 11.9. The van der Waals surface area contributed by atoms with E-state index in [4.69, 9.17) is 0 Å². The minimum atomic E-state index is 0.233. The molecule has 0 aliphatic heterocycles. The summed E-state index contributed by atoms with van der Waals surface area (Å²) in [6, 6.07) is 0.687. The van der Waals surface area contributed by atoms with Crippen molar-refractivity contribution in [3.05, 3.63) is 0 Å². The van der Waals surface area contributed by atoms with Crippen molar-refractivity contribution in [2.24, 2.45) is 0 Å². The molecule has 1 amide bonds. The molecule has 0 atom stereocenters. The van der Waals surface area contributed by atoms with Crippen LogP contribution in [-0.2, 0) is 4.79 Å². The van der Waals surface area contributed by atoms with Gasteiger partial charge in [0.05, 0.1) is 6.61 Å². The third-order valence-electron chi connectivity index (χ3n) is 6.43. The largest absolute Gasteiger partial charge is 0.395 e. The number of hydrogen-bond acceptors (Lipinski definition) is 3. The lowest BCUT2D eigenvalue weighted by Crippen LogP contribution is -2.39. The fourth-order valence-electron chi connectivity index (χ4n) is 4.58. The fraction of sp³-hybridized carbons (Fsp3) is 0.960. The monoisotopic (exact) mass is 410 g/mol. The highest BCUT2D eigenvalue weighted by molar-refractivity contribution is 5.75. The molecule has 4 nitrogen and oxygen atoms in total. The van der Waals surface area contributed by atoms with Gasteiger partial charge in [0.2, 0.25) is 5.91 Å². The molecular formula is C25H50N2O2. The molecule has 0 aromatic heterocycles. The Bertz CT molecular complexity index is 370. The van der Waals surface area contributed by atoms with Crippen LogP contribution >= 0.6 is 0 Å². The van der Waals surface area contributed by atoms with E-state index in [1.54, 1.807) is 0 Å². The summed E-state index contributed by atoms with van der Waals surface area (Å²) in [5, 5.41) is 12.4. The van der Waals surface area contributed by atoms with E-state index >= 15 is 0 Å². The molecule has 0 bridgehead atoms. The van der Waals surface area contributed by atoms with Crippen LogP contribution in [0.25, 0.3) is 0 Å². The Morgan fingerprint density at radius 1 is 0.828 bits per heavy atom. The van der Waals surface area contributed by atoms with Crippen molar-refractivity contribution in [3.63, 3.8) is 0 Å². The molecule has 1 aliphatic carbocycles. The molecule has 172 valence electrons. The average Bonchev–Trinajstić information content (AvgIpc) is 2.74. The van der Waals surface area contributed by atoms with E-state index in [0.29, 0.717) is 12.5 Å². The number of aliphatic hydroxyl groups excluding tert-OH is 1. The molecule has 0 saturated heterocycles. The number of carbonyl (C=O) groups is 1. The van der Waals surface area contributed by atoms with Crippen LogP contribution in [0.3, 0.4) is 0 Å². The van der Waals surface area contributed by atoms with Gasteiger partial charge in [0.15, 0.2) is 0 Å². The average molecular weight is 411 g/mol. The van der Waals surface area contributed by atoms with Crippen LogP contribution < -0.4 is 5.32 Å². The number of amides is 1. The number of nitrogens with one attached hydrogen (secondary N) is 1. The van der Waals surface area contributed by atoms with Crippen LogP contribution in [0, 0.1) is 0 Å². The van der Waals surface area contributed by atoms with Crippen LogP contribution in [0.1, 0.15) is 122 Å². The van der Waals surface area contributed by atoms with Crippen LogP contribution in [0.15, 0.2) is 0 Å². The molecule has 0 radical (unpaired) electrons. The van der Waals surface area contributed by atoms with Gasteiger partial charge in [0.25, 0.3) is 0 Å². The molecule has 0 heterocycles. The zero-order chi connectivity index (χ0) is 21.0. The Hall–Kier alpha value is -0.610. The molecule has 1 fully saturated rings. The van der Waals surface area contributed by atoms with Gasteiger partial charge < -0.3 is 10.4 Å². The second kappa shape index (κ2) is 19.4. The SMILES string of the molecule is CCCCCCCCCCCC(=O)NCCCCCN(CCO)C1CCCCC1. The minimum Gasteiger partial charge on any atom is -0.395 e. The fourth-order valence-corrected chi connectivity index (χ4v) is 4.58. The summed E-state index contributed by atoms with van der Waals surface area (Å²) in [5.41, 5.74) is 0. The number of nitrogens with zero attached hydrogens (tertiary/aromatic N) is 1. The summed E-state index contributed by atoms with van der Waals surface area (Å²) in [6.45, 7) is 5.26. The van der Waals surface area contributed by atoms with Gasteiger partial charge in [-0.1, -0.05) is 84.0 Å². The number of aliphatic hydroxyl groups is 1. The molecule has 4 heteroatoms. The number of hydrogen-bond donors (Lipinski definition) is 2. The lowest BCUT2D eigenvalue weighted by atomic mass is 9.94. The van der Waals surface area contributed by atoms with E-state index in [1.165, 1.54) is 89.9 Å². The van der Waals surface area contributed by atoms with Gasteiger partial charge in [0.1, 0.15) is 0 Å². The van der Waals surface area contributed by atoms with Crippen molar-refractivity contribution in [2.45, 2.75) is 129 Å². The number of rotatable bonds is 19. The van der Waals surface area contributed by atoms with Crippen molar-refractivity contribution in [2.75, 3.05) is 26.2 Å². The second-order valence-electron chi connectivity index (χ2n) is 9.04. The van der Waals surface area contributed by atoms with Gasteiger partial charge in [-0.15, -0.1) is 0 Å². The third kappa shape index (κ3) is 14.9. The van der Waals surface area contributed by atoms with Crippen LogP contribution in [0.5, 0.6) is 0 Å². The van der Waals surface area contributed by atoms with Gasteiger partial charge in [-0.05, 0) is 38.6 Å². The summed E-state index contributed by atoms with van der Waals surface area (Å²) < 4.78 is 0. The normalized spacial score (nSPS) is 15.1. The molecule has 1 rings (SSSR count). The van der Waals surface area contributed by atoms with Crippen LogP contribution in [-0.4, -0.2) is 48.2 Å². The van der Waals surface area contributed by atoms with Crippen LogP contribution in [0.4, 0.5) is 0 Å². The first kappa shape index (κ1) is 26.4. The number of carbonyl (C=O) groups excluding carboxylic acids is 1. The maximum Gasteiger partial charge on any atom is 0.219 e. The zero-order valence-electron chi connectivity index (χ0n) is 19.4. The molecule has 1 aliphatic rings. The highest BCUT2D eigenvalue weighted by Gasteiger charge is 2.19. The summed E-state index contributed by atoms with van der Waals surface area (Å²) in [5.74, 6) is 0.233. The van der Waals surface area contributed by atoms with Crippen molar-refractivity contribution < 1.29 is 9.90 Å². The van der Waals surface area contributed by atoms with E-state index in [0.717, 1.165) is 38.9 Å². The lowest BCUT2D eigenvalue weighted by Gasteiger charge is -2.34. The summed E-state index contributed by atoms with van der Waals surface area (Å²) in [7, 11) is 0. The molecule has 2 N–H and O–H groups in total. The van der Waals surface area contributed by atoms with Gasteiger partial charge in [0, 0.05) is 25.6 Å². The zero-order valence-corrected chi connectivity index (χ0v) is 19.4. The molecule has 0 aromatic rings. The highest BCUT2D eigenvalue weighted by Crippen LogP contribution is 2.22. The second-order valence-corrected chi connectivity index (χ2v) is 9.04. The quantitative estimate of drug-likeness (QED) is 0.264. The van der Waals surface area contributed by atoms with E-state index in [2.05, 4.69) is 17.1 Å². The molecule has 0 spiro atoms.